The first-order valence-corrected chi connectivity index (χ1v) is 9.61. The maximum absolute atomic E-state index is 12.0. The summed E-state index contributed by atoms with van der Waals surface area (Å²) in [6.45, 7) is 2.81. The molecule has 140 valence electrons. The van der Waals surface area contributed by atoms with Crippen molar-refractivity contribution in [3.05, 3.63) is 44.5 Å². The Morgan fingerprint density at radius 3 is 2.59 bits per heavy atom. The van der Waals surface area contributed by atoms with E-state index in [0.29, 0.717) is 37.4 Å². The quantitative estimate of drug-likeness (QED) is 0.787. The van der Waals surface area contributed by atoms with Crippen molar-refractivity contribution in [3.63, 3.8) is 0 Å². The topological polar surface area (TPSA) is 78.1 Å². The van der Waals surface area contributed by atoms with Gasteiger partial charge < -0.3 is 9.80 Å². The minimum atomic E-state index is -0.292. The predicted octanol–water partition coefficient (Wildman–Crippen LogP) is 1.91. The van der Waals surface area contributed by atoms with Crippen molar-refractivity contribution in [1.82, 2.24) is 14.8 Å². The molecule has 0 bridgehead atoms. The zero-order chi connectivity index (χ0) is 19.0. The number of anilines is 2. The normalized spacial score (nSPS) is 16.8. The second-order valence-electron chi connectivity index (χ2n) is 7.03. The van der Waals surface area contributed by atoms with Crippen LogP contribution in [0.4, 0.5) is 11.5 Å². The van der Waals surface area contributed by atoms with Crippen LogP contribution < -0.4 is 15.4 Å². The van der Waals surface area contributed by atoms with Gasteiger partial charge in [0.15, 0.2) is 0 Å². The lowest BCUT2D eigenvalue weighted by atomic mass is 9.95. The second kappa shape index (κ2) is 7.20. The molecule has 0 aromatic carbocycles. The Hall–Kier alpha value is -2.59. The van der Waals surface area contributed by atoms with Gasteiger partial charge in [0, 0.05) is 38.9 Å². The number of pyridine rings is 1. The third-order valence-electron chi connectivity index (χ3n) is 5.38. The van der Waals surface area contributed by atoms with Crippen LogP contribution >= 0.6 is 11.6 Å². The van der Waals surface area contributed by atoms with Crippen LogP contribution in [0.1, 0.15) is 29.7 Å². The first kappa shape index (κ1) is 17.8. The monoisotopic (exact) mass is 384 g/mol. The van der Waals surface area contributed by atoms with Crippen LogP contribution in [0, 0.1) is 11.3 Å². The summed E-state index contributed by atoms with van der Waals surface area (Å²) in [4.78, 5) is 21.1. The molecule has 0 spiro atoms. The summed E-state index contributed by atoms with van der Waals surface area (Å²) in [7, 11) is 1.58. The maximum atomic E-state index is 12.0. The molecule has 0 unspecified atom stereocenters. The zero-order valence-electron chi connectivity index (χ0n) is 15.3. The highest BCUT2D eigenvalue weighted by atomic mass is 35.5. The van der Waals surface area contributed by atoms with Gasteiger partial charge in [0.05, 0.1) is 17.4 Å². The molecular weight excluding hydrogens is 364 g/mol. The number of aromatic nitrogens is 3. The standard InChI is InChI=1S/C19H21ClN6O/c1-24-19(27)17(20)16(12-22-24)25-6-8-26(9-7-25)18-14(11-21)10-13-4-2-3-5-15(13)23-18/h10,12H,2-9H2,1H3. The first-order valence-electron chi connectivity index (χ1n) is 9.23. The molecule has 1 aliphatic heterocycles. The molecule has 8 heteroatoms. The van der Waals surface area contributed by atoms with Crippen LogP contribution in [0.5, 0.6) is 0 Å². The number of aryl methyl sites for hydroxylation is 3. The summed E-state index contributed by atoms with van der Waals surface area (Å²) < 4.78 is 1.23. The fraction of sp³-hybridized carbons (Fsp3) is 0.474. The van der Waals surface area contributed by atoms with Gasteiger partial charge in [-0.3, -0.25) is 4.79 Å². The Morgan fingerprint density at radius 2 is 1.85 bits per heavy atom. The number of hydrogen-bond donors (Lipinski definition) is 0. The molecule has 2 aromatic heterocycles. The van der Waals surface area contributed by atoms with Gasteiger partial charge >= 0.3 is 0 Å². The van der Waals surface area contributed by atoms with Crippen LogP contribution in [0.15, 0.2) is 17.1 Å². The largest absolute Gasteiger partial charge is 0.365 e. The third-order valence-corrected chi connectivity index (χ3v) is 5.74. The number of fused-ring (bicyclic) bond motifs is 1. The van der Waals surface area contributed by atoms with E-state index in [1.165, 1.54) is 16.7 Å². The van der Waals surface area contributed by atoms with Gasteiger partial charge in [0.25, 0.3) is 5.56 Å². The molecule has 1 fully saturated rings. The van der Waals surface area contributed by atoms with E-state index in [-0.39, 0.29) is 10.6 Å². The smallest absolute Gasteiger partial charge is 0.287 e. The van der Waals surface area contributed by atoms with Crippen LogP contribution in [0.2, 0.25) is 5.02 Å². The lowest BCUT2D eigenvalue weighted by molar-refractivity contribution is 0.629. The van der Waals surface area contributed by atoms with Crippen molar-refractivity contribution in [1.29, 1.82) is 5.26 Å². The van der Waals surface area contributed by atoms with Crippen molar-refractivity contribution in [2.45, 2.75) is 25.7 Å². The van der Waals surface area contributed by atoms with E-state index in [0.717, 1.165) is 30.8 Å². The molecule has 1 aliphatic carbocycles. The third kappa shape index (κ3) is 3.26. The van der Waals surface area contributed by atoms with Crippen molar-refractivity contribution >= 4 is 23.1 Å². The van der Waals surface area contributed by atoms with E-state index in [9.17, 15) is 10.1 Å². The highest BCUT2D eigenvalue weighted by molar-refractivity contribution is 6.33. The molecule has 4 rings (SSSR count). The highest BCUT2D eigenvalue weighted by Crippen LogP contribution is 2.28. The molecule has 2 aliphatic rings. The Morgan fingerprint density at radius 1 is 1.15 bits per heavy atom. The van der Waals surface area contributed by atoms with Gasteiger partial charge in [-0.25, -0.2) is 9.67 Å². The van der Waals surface area contributed by atoms with Gasteiger partial charge in [-0.1, -0.05) is 11.6 Å². The minimum Gasteiger partial charge on any atom is -0.365 e. The fourth-order valence-corrected chi connectivity index (χ4v) is 4.12. The number of nitriles is 1. The minimum absolute atomic E-state index is 0.200. The summed E-state index contributed by atoms with van der Waals surface area (Å²) in [5.74, 6) is 0.783. The lowest BCUT2D eigenvalue weighted by Crippen LogP contribution is -2.47. The van der Waals surface area contributed by atoms with Crippen LogP contribution in [0.3, 0.4) is 0 Å². The molecular formula is C19H21ClN6O. The van der Waals surface area contributed by atoms with Crippen LogP contribution in [-0.2, 0) is 19.9 Å². The zero-order valence-corrected chi connectivity index (χ0v) is 16.0. The molecule has 3 heterocycles. The molecule has 0 atom stereocenters. The van der Waals surface area contributed by atoms with E-state index >= 15 is 0 Å². The second-order valence-corrected chi connectivity index (χ2v) is 7.41. The molecule has 0 saturated carbocycles. The summed E-state index contributed by atoms with van der Waals surface area (Å²) >= 11 is 6.23. The molecule has 1 saturated heterocycles. The molecule has 0 N–H and O–H groups in total. The van der Waals surface area contributed by atoms with Gasteiger partial charge in [-0.15, -0.1) is 0 Å². The van der Waals surface area contributed by atoms with Gasteiger partial charge in [-0.05, 0) is 37.3 Å². The Kier molecular flexibility index (Phi) is 4.75. The van der Waals surface area contributed by atoms with E-state index in [1.807, 2.05) is 6.07 Å². The molecule has 27 heavy (non-hydrogen) atoms. The molecule has 7 nitrogen and oxygen atoms in total. The molecule has 0 amide bonds. The average Bonchev–Trinajstić information content (AvgIpc) is 2.71. The van der Waals surface area contributed by atoms with Crippen LogP contribution in [0.25, 0.3) is 0 Å². The number of piperazine rings is 1. The number of hydrogen-bond acceptors (Lipinski definition) is 6. The van der Waals surface area contributed by atoms with Crippen molar-refractivity contribution in [2.24, 2.45) is 7.05 Å². The summed E-state index contributed by atoms with van der Waals surface area (Å²) in [6, 6.07) is 4.33. The summed E-state index contributed by atoms with van der Waals surface area (Å²) in [6.07, 6.45) is 5.97. The predicted molar refractivity (Wildman–Crippen MR) is 105 cm³/mol. The van der Waals surface area contributed by atoms with E-state index in [1.54, 1.807) is 13.2 Å². The maximum Gasteiger partial charge on any atom is 0.287 e. The van der Waals surface area contributed by atoms with Gasteiger partial charge in [0.2, 0.25) is 0 Å². The lowest BCUT2D eigenvalue weighted by Gasteiger charge is -2.37. The Bertz CT molecular complexity index is 971. The fourth-order valence-electron chi connectivity index (χ4n) is 3.83. The van der Waals surface area contributed by atoms with E-state index < -0.39 is 0 Å². The molecule has 2 aromatic rings. The summed E-state index contributed by atoms with van der Waals surface area (Å²) in [5, 5.41) is 13.9. The van der Waals surface area contributed by atoms with E-state index in [4.69, 9.17) is 16.6 Å². The van der Waals surface area contributed by atoms with Gasteiger partial charge in [-0.2, -0.15) is 10.4 Å². The summed E-state index contributed by atoms with van der Waals surface area (Å²) in [5.41, 5.74) is 3.38. The highest BCUT2D eigenvalue weighted by Gasteiger charge is 2.25. The van der Waals surface area contributed by atoms with Crippen molar-refractivity contribution in [3.8, 4) is 6.07 Å². The van der Waals surface area contributed by atoms with Crippen molar-refractivity contribution < 1.29 is 0 Å². The Balaban J connectivity index is 1.56. The number of nitrogens with zero attached hydrogens (tertiary/aromatic N) is 6. The van der Waals surface area contributed by atoms with Crippen molar-refractivity contribution in [2.75, 3.05) is 36.0 Å². The van der Waals surface area contributed by atoms with Gasteiger partial charge in [0.1, 0.15) is 16.9 Å². The molecule has 0 radical (unpaired) electrons. The number of halogens is 1. The SMILES string of the molecule is Cn1ncc(N2CCN(c3nc4c(cc3C#N)CCCC4)CC2)c(Cl)c1=O. The van der Waals surface area contributed by atoms with Crippen LogP contribution in [-0.4, -0.2) is 40.9 Å². The Labute approximate surface area is 162 Å². The van der Waals surface area contributed by atoms with E-state index in [2.05, 4.69) is 21.0 Å². The first-order chi connectivity index (χ1) is 13.1. The number of rotatable bonds is 2. The average molecular weight is 385 g/mol.